The molecule has 3 heterocycles. The average Bonchev–Trinajstić information content (AvgIpc) is 3.53. The number of aliphatic imine (C=N–C) groups is 1. The lowest BCUT2D eigenvalue weighted by Crippen LogP contribution is -2.52. The van der Waals surface area contributed by atoms with Crippen molar-refractivity contribution in [2.45, 2.75) is 13.0 Å². The highest BCUT2D eigenvalue weighted by atomic mass is 16.7. The fourth-order valence-electron chi connectivity index (χ4n) is 4.28. The Labute approximate surface area is 194 Å². The van der Waals surface area contributed by atoms with Gasteiger partial charge in [-0.15, -0.1) is 0 Å². The zero-order valence-corrected chi connectivity index (χ0v) is 19.0. The van der Waals surface area contributed by atoms with Crippen molar-refractivity contribution in [2.24, 2.45) is 4.99 Å². The van der Waals surface area contributed by atoms with Gasteiger partial charge in [0.15, 0.2) is 17.5 Å². The van der Waals surface area contributed by atoms with Gasteiger partial charge in [-0.2, -0.15) is 5.10 Å². The number of aromatic nitrogens is 2. The summed E-state index contributed by atoms with van der Waals surface area (Å²) in [4.78, 5) is 9.31. The van der Waals surface area contributed by atoms with Crippen LogP contribution in [0.5, 0.6) is 11.5 Å². The maximum Gasteiger partial charge on any atom is 0.231 e. The maximum atomic E-state index is 5.51. The Kier molecular flexibility index (Phi) is 6.44. The number of guanidine groups is 1. The van der Waals surface area contributed by atoms with E-state index < -0.39 is 0 Å². The van der Waals surface area contributed by atoms with E-state index in [0.717, 1.165) is 68.8 Å². The van der Waals surface area contributed by atoms with Gasteiger partial charge in [0, 0.05) is 52.5 Å². The first kappa shape index (κ1) is 21.3. The molecular weight excluding hydrogens is 416 g/mol. The van der Waals surface area contributed by atoms with Crippen molar-refractivity contribution in [1.29, 1.82) is 0 Å². The zero-order chi connectivity index (χ0) is 22.5. The number of nitrogens with zero attached hydrogens (tertiary/aromatic N) is 5. The molecule has 0 unspecified atom stereocenters. The molecule has 2 aliphatic rings. The molecule has 2 aliphatic heterocycles. The number of piperazine rings is 1. The molecule has 1 N–H and O–H groups in total. The molecule has 1 saturated heterocycles. The predicted molar refractivity (Wildman–Crippen MR) is 128 cm³/mol. The Balaban J connectivity index is 1.08. The highest BCUT2D eigenvalue weighted by Crippen LogP contribution is 2.32. The number of nitrogens with one attached hydrogen (secondary N) is 1. The molecule has 8 nitrogen and oxygen atoms in total. The molecule has 0 bridgehead atoms. The summed E-state index contributed by atoms with van der Waals surface area (Å²) in [5.41, 5.74) is 3.53. The second kappa shape index (κ2) is 9.95. The number of para-hydroxylation sites is 1. The van der Waals surface area contributed by atoms with Gasteiger partial charge >= 0.3 is 0 Å². The molecule has 0 spiro atoms. The minimum atomic E-state index is 0.318. The SMILES string of the molecule is CN=C(NCCc1cnn(-c2ccccc2)c1)N1CCN(Cc2ccc3c(c2)OCO3)CC1. The summed E-state index contributed by atoms with van der Waals surface area (Å²) in [5.74, 6) is 2.66. The van der Waals surface area contributed by atoms with Gasteiger partial charge in [-0.3, -0.25) is 9.89 Å². The number of ether oxygens (including phenoxy) is 2. The second-order valence-electron chi connectivity index (χ2n) is 8.30. The summed E-state index contributed by atoms with van der Waals surface area (Å²) in [6.45, 7) is 5.97. The topological polar surface area (TPSA) is 67.2 Å². The minimum Gasteiger partial charge on any atom is -0.454 e. The van der Waals surface area contributed by atoms with Crippen LogP contribution in [-0.4, -0.2) is 72.1 Å². The van der Waals surface area contributed by atoms with E-state index in [1.165, 1.54) is 11.1 Å². The molecule has 0 radical (unpaired) electrons. The van der Waals surface area contributed by atoms with Crippen LogP contribution in [0.3, 0.4) is 0 Å². The van der Waals surface area contributed by atoms with Crippen LogP contribution in [-0.2, 0) is 13.0 Å². The third kappa shape index (κ3) is 5.12. The van der Waals surface area contributed by atoms with Crippen molar-refractivity contribution in [3.63, 3.8) is 0 Å². The lowest BCUT2D eigenvalue weighted by atomic mass is 10.1. The first-order valence-electron chi connectivity index (χ1n) is 11.4. The standard InChI is InChI=1S/C25H30N6O2/c1-26-25(27-10-9-21-16-28-31(18-21)22-5-3-2-4-6-22)30-13-11-29(12-14-30)17-20-7-8-23-24(15-20)33-19-32-23/h2-8,15-16,18H,9-14,17,19H2,1H3,(H,26,27). The Hall–Kier alpha value is -3.52. The monoisotopic (exact) mass is 446 g/mol. The number of benzene rings is 2. The van der Waals surface area contributed by atoms with Crippen LogP contribution in [0.15, 0.2) is 65.9 Å². The van der Waals surface area contributed by atoms with Gasteiger partial charge in [-0.05, 0) is 41.8 Å². The number of hydrogen-bond acceptors (Lipinski definition) is 5. The summed E-state index contributed by atoms with van der Waals surface area (Å²) >= 11 is 0. The van der Waals surface area contributed by atoms with Crippen LogP contribution in [0.25, 0.3) is 5.69 Å². The van der Waals surface area contributed by atoms with E-state index in [1.54, 1.807) is 0 Å². The van der Waals surface area contributed by atoms with Crippen molar-refractivity contribution in [1.82, 2.24) is 24.9 Å². The first-order chi connectivity index (χ1) is 16.3. The van der Waals surface area contributed by atoms with Gasteiger partial charge in [0.1, 0.15) is 0 Å². The fraction of sp³-hybridized carbons (Fsp3) is 0.360. The molecule has 1 fully saturated rings. The second-order valence-corrected chi connectivity index (χ2v) is 8.30. The molecule has 0 aliphatic carbocycles. The lowest BCUT2D eigenvalue weighted by molar-refractivity contribution is 0.171. The van der Waals surface area contributed by atoms with E-state index in [1.807, 2.05) is 42.2 Å². The fourth-order valence-corrected chi connectivity index (χ4v) is 4.28. The van der Waals surface area contributed by atoms with Crippen molar-refractivity contribution in [2.75, 3.05) is 46.6 Å². The van der Waals surface area contributed by atoms with Crippen LogP contribution in [0.2, 0.25) is 0 Å². The molecule has 172 valence electrons. The normalized spacial score (nSPS) is 16.3. The van der Waals surface area contributed by atoms with Crippen LogP contribution in [0, 0.1) is 0 Å². The summed E-state index contributed by atoms with van der Waals surface area (Å²) in [6, 6.07) is 16.4. The molecule has 5 rings (SSSR count). The molecule has 0 saturated carbocycles. The molecule has 2 aromatic carbocycles. The van der Waals surface area contributed by atoms with Gasteiger partial charge in [-0.25, -0.2) is 4.68 Å². The maximum absolute atomic E-state index is 5.51. The van der Waals surface area contributed by atoms with Crippen molar-refractivity contribution >= 4 is 5.96 Å². The Morgan fingerprint density at radius 2 is 1.82 bits per heavy atom. The largest absolute Gasteiger partial charge is 0.454 e. The number of hydrogen-bond donors (Lipinski definition) is 1. The summed E-state index contributed by atoms with van der Waals surface area (Å²) < 4.78 is 12.8. The Bertz CT molecular complexity index is 1090. The van der Waals surface area contributed by atoms with E-state index >= 15 is 0 Å². The zero-order valence-electron chi connectivity index (χ0n) is 19.0. The summed E-state index contributed by atoms with van der Waals surface area (Å²) in [5, 5.41) is 8.00. The van der Waals surface area contributed by atoms with E-state index in [0.29, 0.717) is 6.79 Å². The number of fused-ring (bicyclic) bond motifs is 1. The van der Waals surface area contributed by atoms with Crippen LogP contribution >= 0.6 is 0 Å². The third-order valence-electron chi connectivity index (χ3n) is 6.08. The molecule has 8 heteroatoms. The molecule has 1 aromatic heterocycles. The molecular formula is C25H30N6O2. The van der Waals surface area contributed by atoms with Gasteiger partial charge in [-0.1, -0.05) is 24.3 Å². The van der Waals surface area contributed by atoms with Crippen LogP contribution in [0.4, 0.5) is 0 Å². The van der Waals surface area contributed by atoms with Gasteiger partial charge in [0.2, 0.25) is 6.79 Å². The van der Waals surface area contributed by atoms with Crippen molar-refractivity contribution in [3.05, 3.63) is 72.1 Å². The van der Waals surface area contributed by atoms with Crippen LogP contribution < -0.4 is 14.8 Å². The predicted octanol–water partition coefficient (Wildman–Crippen LogP) is 2.54. The van der Waals surface area contributed by atoms with Crippen molar-refractivity contribution < 1.29 is 9.47 Å². The molecule has 0 amide bonds. The molecule has 3 aromatic rings. The van der Waals surface area contributed by atoms with Gasteiger partial charge in [0.05, 0.1) is 11.9 Å². The molecule has 33 heavy (non-hydrogen) atoms. The van der Waals surface area contributed by atoms with Gasteiger partial charge in [0.25, 0.3) is 0 Å². The Morgan fingerprint density at radius 1 is 1.00 bits per heavy atom. The lowest BCUT2D eigenvalue weighted by Gasteiger charge is -2.36. The molecule has 0 atom stereocenters. The van der Waals surface area contributed by atoms with Crippen molar-refractivity contribution in [3.8, 4) is 17.2 Å². The quantitative estimate of drug-likeness (QED) is 0.464. The minimum absolute atomic E-state index is 0.318. The van der Waals surface area contributed by atoms with E-state index in [4.69, 9.17) is 9.47 Å². The van der Waals surface area contributed by atoms with Crippen LogP contribution in [0.1, 0.15) is 11.1 Å². The smallest absolute Gasteiger partial charge is 0.231 e. The third-order valence-corrected chi connectivity index (χ3v) is 6.08. The first-order valence-corrected chi connectivity index (χ1v) is 11.4. The van der Waals surface area contributed by atoms with Gasteiger partial charge < -0.3 is 19.7 Å². The summed E-state index contributed by atoms with van der Waals surface area (Å²) in [6.07, 6.45) is 4.93. The summed E-state index contributed by atoms with van der Waals surface area (Å²) in [7, 11) is 1.86. The van der Waals surface area contributed by atoms with E-state index in [-0.39, 0.29) is 0 Å². The highest BCUT2D eigenvalue weighted by molar-refractivity contribution is 5.80. The Morgan fingerprint density at radius 3 is 2.64 bits per heavy atom. The highest BCUT2D eigenvalue weighted by Gasteiger charge is 2.21. The van der Waals surface area contributed by atoms with E-state index in [2.05, 4.69) is 55.7 Å². The average molecular weight is 447 g/mol. The van der Waals surface area contributed by atoms with E-state index in [9.17, 15) is 0 Å². The number of rotatable bonds is 6.